The van der Waals surface area contributed by atoms with Crippen LogP contribution in [0.5, 0.6) is 5.75 Å². The van der Waals surface area contributed by atoms with Gasteiger partial charge in [0, 0.05) is 18.1 Å². The summed E-state index contributed by atoms with van der Waals surface area (Å²) in [6.07, 6.45) is 3.17. The molecule has 2 N–H and O–H groups in total. The number of aromatic nitrogens is 1. The summed E-state index contributed by atoms with van der Waals surface area (Å²) >= 11 is 0. The summed E-state index contributed by atoms with van der Waals surface area (Å²) < 4.78 is 5.22. The molecular formula is C15H16N2O3. The number of rotatable bonds is 5. The molecule has 1 aliphatic carbocycles. The summed E-state index contributed by atoms with van der Waals surface area (Å²) in [4.78, 5) is 15.5. The second kappa shape index (κ2) is 4.67. The number of carbonyl (C=O) groups is 1. The molecule has 5 heteroatoms. The number of aliphatic carboxylic acids is 1. The van der Waals surface area contributed by atoms with Crippen molar-refractivity contribution in [2.45, 2.75) is 12.8 Å². The standard InChI is InChI=1S/C15H16N2O3/c1-20-11-3-2-10-4-7-16-13(12(10)8-11)17-9-15(5-6-15)14(18)19/h2-4,7-8H,5-6,9H2,1H3,(H,16,17)(H,18,19). The first kappa shape index (κ1) is 12.7. The first-order valence-corrected chi connectivity index (χ1v) is 6.55. The van der Waals surface area contributed by atoms with Crippen LogP contribution in [0.4, 0.5) is 5.82 Å². The molecular weight excluding hydrogens is 256 g/mol. The molecule has 0 atom stereocenters. The summed E-state index contributed by atoms with van der Waals surface area (Å²) in [6.45, 7) is 0.408. The number of nitrogens with zero attached hydrogens (tertiary/aromatic N) is 1. The van der Waals surface area contributed by atoms with Crippen LogP contribution >= 0.6 is 0 Å². The van der Waals surface area contributed by atoms with Gasteiger partial charge in [-0.1, -0.05) is 6.07 Å². The van der Waals surface area contributed by atoms with Crippen LogP contribution in [0.3, 0.4) is 0 Å². The van der Waals surface area contributed by atoms with E-state index in [0.717, 1.165) is 29.4 Å². The molecule has 1 fully saturated rings. The maximum absolute atomic E-state index is 11.2. The van der Waals surface area contributed by atoms with Crippen molar-refractivity contribution in [3.05, 3.63) is 30.5 Å². The Balaban J connectivity index is 1.89. The van der Waals surface area contributed by atoms with E-state index in [4.69, 9.17) is 4.74 Å². The number of nitrogens with one attached hydrogen (secondary N) is 1. The summed E-state index contributed by atoms with van der Waals surface area (Å²) in [7, 11) is 1.62. The van der Waals surface area contributed by atoms with Gasteiger partial charge < -0.3 is 15.2 Å². The summed E-state index contributed by atoms with van der Waals surface area (Å²) in [5.41, 5.74) is -0.608. The minimum atomic E-state index is -0.734. The second-order valence-electron chi connectivity index (χ2n) is 5.19. The van der Waals surface area contributed by atoms with Gasteiger partial charge in [-0.2, -0.15) is 0 Å². The van der Waals surface area contributed by atoms with Crippen LogP contribution in [0.25, 0.3) is 10.8 Å². The fraction of sp³-hybridized carbons (Fsp3) is 0.333. The van der Waals surface area contributed by atoms with E-state index in [1.54, 1.807) is 13.3 Å². The van der Waals surface area contributed by atoms with Crippen molar-refractivity contribution < 1.29 is 14.6 Å². The van der Waals surface area contributed by atoms with Gasteiger partial charge in [0.15, 0.2) is 0 Å². The number of pyridine rings is 1. The highest BCUT2D eigenvalue weighted by molar-refractivity contribution is 5.93. The normalized spacial score (nSPS) is 15.8. The number of carboxylic acids is 1. The van der Waals surface area contributed by atoms with Crippen molar-refractivity contribution in [2.75, 3.05) is 19.0 Å². The SMILES string of the molecule is COc1ccc2ccnc(NCC3(C(=O)O)CC3)c2c1. The number of benzene rings is 1. The minimum Gasteiger partial charge on any atom is -0.497 e. The van der Waals surface area contributed by atoms with E-state index < -0.39 is 11.4 Å². The molecule has 104 valence electrons. The van der Waals surface area contributed by atoms with Gasteiger partial charge in [0.1, 0.15) is 11.6 Å². The highest BCUT2D eigenvalue weighted by atomic mass is 16.5. The lowest BCUT2D eigenvalue weighted by molar-refractivity contribution is -0.142. The molecule has 2 aromatic rings. The molecule has 1 saturated carbocycles. The third kappa shape index (κ3) is 2.15. The smallest absolute Gasteiger partial charge is 0.311 e. The van der Waals surface area contributed by atoms with E-state index in [1.165, 1.54) is 0 Å². The molecule has 1 aromatic heterocycles. The Morgan fingerprint density at radius 3 is 2.90 bits per heavy atom. The largest absolute Gasteiger partial charge is 0.497 e. The van der Waals surface area contributed by atoms with E-state index in [-0.39, 0.29) is 0 Å². The zero-order chi connectivity index (χ0) is 14.2. The average molecular weight is 272 g/mol. The van der Waals surface area contributed by atoms with Gasteiger partial charge in [0.05, 0.1) is 12.5 Å². The second-order valence-corrected chi connectivity index (χ2v) is 5.19. The number of fused-ring (bicyclic) bond motifs is 1. The Morgan fingerprint density at radius 1 is 1.45 bits per heavy atom. The third-order valence-electron chi connectivity index (χ3n) is 3.87. The van der Waals surface area contributed by atoms with Crippen molar-refractivity contribution in [3.63, 3.8) is 0 Å². The predicted molar refractivity (Wildman–Crippen MR) is 76.1 cm³/mol. The van der Waals surface area contributed by atoms with E-state index in [9.17, 15) is 9.90 Å². The molecule has 0 amide bonds. The number of ether oxygens (including phenoxy) is 1. The van der Waals surface area contributed by atoms with Crippen molar-refractivity contribution in [3.8, 4) is 5.75 Å². The first-order chi connectivity index (χ1) is 9.64. The summed E-state index contributed by atoms with van der Waals surface area (Å²) in [5, 5.41) is 14.4. The fourth-order valence-corrected chi connectivity index (χ4v) is 2.29. The number of hydrogen-bond donors (Lipinski definition) is 2. The lowest BCUT2D eigenvalue weighted by Gasteiger charge is -2.13. The Hall–Kier alpha value is -2.30. The quantitative estimate of drug-likeness (QED) is 0.875. The van der Waals surface area contributed by atoms with Crippen molar-refractivity contribution in [2.24, 2.45) is 5.41 Å². The fourth-order valence-electron chi connectivity index (χ4n) is 2.29. The van der Waals surface area contributed by atoms with E-state index >= 15 is 0 Å². The number of carboxylic acid groups (broad SMARTS) is 1. The van der Waals surface area contributed by atoms with Gasteiger partial charge in [-0.3, -0.25) is 4.79 Å². The Bertz CT molecular complexity index is 665. The molecule has 1 aliphatic rings. The molecule has 5 nitrogen and oxygen atoms in total. The molecule has 0 saturated heterocycles. The lowest BCUT2D eigenvalue weighted by atomic mass is 10.1. The van der Waals surface area contributed by atoms with E-state index in [1.807, 2.05) is 24.3 Å². The molecule has 0 spiro atoms. The van der Waals surface area contributed by atoms with Gasteiger partial charge in [0.2, 0.25) is 0 Å². The highest BCUT2D eigenvalue weighted by Gasteiger charge is 2.50. The molecule has 0 unspecified atom stereocenters. The van der Waals surface area contributed by atoms with Gasteiger partial charge >= 0.3 is 5.97 Å². The Morgan fingerprint density at radius 2 is 2.25 bits per heavy atom. The van der Waals surface area contributed by atoms with Crippen LogP contribution < -0.4 is 10.1 Å². The topological polar surface area (TPSA) is 71.5 Å². The number of methoxy groups -OCH3 is 1. The van der Waals surface area contributed by atoms with E-state index in [0.29, 0.717) is 12.4 Å². The Kier molecular flexibility index (Phi) is 2.97. The van der Waals surface area contributed by atoms with Crippen molar-refractivity contribution in [1.29, 1.82) is 0 Å². The molecule has 1 aromatic carbocycles. The molecule has 0 aliphatic heterocycles. The average Bonchev–Trinajstić information content (AvgIpc) is 3.25. The minimum absolute atomic E-state index is 0.408. The number of hydrogen-bond acceptors (Lipinski definition) is 4. The van der Waals surface area contributed by atoms with Crippen molar-refractivity contribution in [1.82, 2.24) is 4.98 Å². The maximum atomic E-state index is 11.2. The maximum Gasteiger partial charge on any atom is 0.311 e. The van der Waals surface area contributed by atoms with Gasteiger partial charge in [-0.25, -0.2) is 4.98 Å². The highest BCUT2D eigenvalue weighted by Crippen LogP contribution is 2.46. The Labute approximate surface area is 116 Å². The zero-order valence-corrected chi connectivity index (χ0v) is 11.2. The molecule has 0 radical (unpaired) electrons. The zero-order valence-electron chi connectivity index (χ0n) is 11.2. The van der Waals surface area contributed by atoms with Crippen LogP contribution in [0.15, 0.2) is 30.5 Å². The molecule has 20 heavy (non-hydrogen) atoms. The summed E-state index contributed by atoms with van der Waals surface area (Å²) in [6, 6.07) is 7.69. The van der Waals surface area contributed by atoms with Crippen LogP contribution in [0.2, 0.25) is 0 Å². The molecule has 0 bridgehead atoms. The van der Waals surface area contributed by atoms with Gasteiger partial charge in [-0.05, 0) is 36.4 Å². The van der Waals surface area contributed by atoms with Crippen LogP contribution in [-0.2, 0) is 4.79 Å². The predicted octanol–water partition coefficient (Wildman–Crippen LogP) is 2.52. The first-order valence-electron chi connectivity index (χ1n) is 6.55. The third-order valence-corrected chi connectivity index (χ3v) is 3.87. The van der Waals surface area contributed by atoms with Crippen LogP contribution in [0.1, 0.15) is 12.8 Å². The molecule has 1 heterocycles. The van der Waals surface area contributed by atoms with E-state index in [2.05, 4.69) is 10.3 Å². The van der Waals surface area contributed by atoms with Gasteiger partial charge in [-0.15, -0.1) is 0 Å². The van der Waals surface area contributed by atoms with Crippen LogP contribution in [-0.4, -0.2) is 29.7 Å². The van der Waals surface area contributed by atoms with Crippen molar-refractivity contribution >= 4 is 22.6 Å². The van der Waals surface area contributed by atoms with Gasteiger partial charge in [0.25, 0.3) is 0 Å². The monoisotopic (exact) mass is 272 g/mol. The van der Waals surface area contributed by atoms with Crippen LogP contribution in [0, 0.1) is 5.41 Å². The molecule has 3 rings (SSSR count). The number of anilines is 1. The summed E-state index contributed by atoms with van der Waals surface area (Å²) in [5.74, 6) is 0.727. The lowest BCUT2D eigenvalue weighted by Crippen LogP contribution is -2.24.